The molecular weight excluding hydrogens is 296 g/mol. The minimum absolute atomic E-state index is 0.0827. The molecule has 0 aliphatic carbocycles. The molecule has 6 heteroatoms. The third-order valence-electron chi connectivity index (χ3n) is 3.14. The van der Waals surface area contributed by atoms with Crippen LogP contribution >= 0.6 is 11.6 Å². The van der Waals surface area contributed by atoms with E-state index in [4.69, 9.17) is 11.6 Å². The second-order valence-corrected chi connectivity index (χ2v) is 7.70. The van der Waals surface area contributed by atoms with Crippen LogP contribution in [0.15, 0.2) is 18.3 Å². The Bertz CT molecular complexity index is 488. The smallest absolute Gasteiger partial charge is 0.150 e. The monoisotopic (exact) mass is 318 g/mol. The molecule has 1 N–H and O–H groups in total. The molecule has 114 valence electrons. The first-order valence-corrected chi connectivity index (χ1v) is 9.23. The van der Waals surface area contributed by atoms with Gasteiger partial charge in [-0.1, -0.05) is 25.4 Å². The van der Waals surface area contributed by atoms with Crippen molar-refractivity contribution in [3.63, 3.8) is 0 Å². The van der Waals surface area contributed by atoms with E-state index in [1.807, 2.05) is 12.1 Å². The summed E-state index contributed by atoms with van der Waals surface area (Å²) >= 11 is 5.84. The van der Waals surface area contributed by atoms with Crippen LogP contribution in [0.2, 0.25) is 5.02 Å². The van der Waals surface area contributed by atoms with Crippen LogP contribution in [0.1, 0.15) is 44.8 Å². The Balaban J connectivity index is 2.62. The summed E-state index contributed by atoms with van der Waals surface area (Å²) in [5, 5.41) is 4.02. The van der Waals surface area contributed by atoms with Gasteiger partial charge in [0.05, 0.1) is 16.5 Å². The van der Waals surface area contributed by atoms with Gasteiger partial charge in [0.1, 0.15) is 9.84 Å². The lowest BCUT2D eigenvalue weighted by molar-refractivity contribution is 0.482. The summed E-state index contributed by atoms with van der Waals surface area (Å²) in [5.41, 5.74) is 0.914. The molecule has 0 saturated heterocycles. The molecule has 0 aliphatic heterocycles. The SMILES string of the molecule is CCCNC(CCCS(=O)(=O)CC)c1ccc(Cl)cn1. The predicted octanol–water partition coefficient (Wildman–Crippen LogP) is 2.99. The molecule has 1 heterocycles. The zero-order chi connectivity index (χ0) is 15.0. The van der Waals surface area contributed by atoms with Crippen molar-refractivity contribution >= 4 is 21.4 Å². The van der Waals surface area contributed by atoms with E-state index in [0.29, 0.717) is 11.4 Å². The average Bonchev–Trinajstić information content (AvgIpc) is 2.43. The first-order valence-electron chi connectivity index (χ1n) is 7.03. The number of sulfone groups is 1. The highest BCUT2D eigenvalue weighted by Gasteiger charge is 2.14. The molecule has 0 amide bonds. The lowest BCUT2D eigenvalue weighted by Crippen LogP contribution is -2.24. The molecule has 1 aromatic heterocycles. The Morgan fingerprint density at radius 1 is 1.35 bits per heavy atom. The Morgan fingerprint density at radius 3 is 2.65 bits per heavy atom. The van der Waals surface area contributed by atoms with Gasteiger partial charge in [-0.15, -0.1) is 0 Å². The second kappa shape index (κ2) is 8.60. The van der Waals surface area contributed by atoms with Crippen molar-refractivity contribution in [3.8, 4) is 0 Å². The zero-order valence-corrected chi connectivity index (χ0v) is 13.7. The zero-order valence-electron chi connectivity index (χ0n) is 12.1. The third-order valence-corrected chi connectivity index (χ3v) is 5.15. The first kappa shape index (κ1) is 17.4. The summed E-state index contributed by atoms with van der Waals surface area (Å²) in [6.07, 6.45) is 4.05. The number of nitrogens with zero attached hydrogens (tertiary/aromatic N) is 1. The standard InChI is InChI=1S/C14H23ClN2O2S/c1-3-9-16-13(6-5-10-20(18,19)4-2)14-8-7-12(15)11-17-14/h7-8,11,13,16H,3-6,9-10H2,1-2H3. The van der Waals surface area contributed by atoms with Crippen LogP contribution in [-0.2, 0) is 9.84 Å². The van der Waals surface area contributed by atoms with Gasteiger partial charge in [-0.2, -0.15) is 0 Å². The van der Waals surface area contributed by atoms with E-state index in [1.165, 1.54) is 0 Å². The molecule has 1 aromatic rings. The Labute approximate surface area is 126 Å². The summed E-state index contributed by atoms with van der Waals surface area (Å²) in [7, 11) is -2.89. The molecule has 1 unspecified atom stereocenters. The van der Waals surface area contributed by atoms with E-state index in [1.54, 1.807) is 13.1 Å². The average molecular weight is 319 g/mol. The molecule has 1 rings (SSSR count). The van der Waals surface area contributed by atoms with Gasteiger partial charge in [-0.3, -0.25) is 4.98 Å². The highest BCUT2D eigenvalue weighted by Crippen LogP contribution is 2.18. The summed E-state index contributed by atoms with van der Waals surface area (Å²) in [6.45, 7) is 4.67. The van der Waals surface area contributed by atoms with Crippen molar-refractivity contribution < 1.29 is 8.42 Å². The first-order chi connectivity index (χ1) is 9.48. The Morgan fingerprint density at radius 2 is 2.10 bits per heavy atom. The van der Waals surface area contributed by atoms with Crippen molar-refractivity contribution in [2.45, 2.75) is 39.2 Å². The summed E-state index contributed by atoms with van der Waals surface area (Å²) < 4.78 is 23.0. The van der Waals surface area contributed by atoms with Gasteiger partial charge >= 0.3 is 0 Å². The largest absolute Gasteiger partial charge is 0.309 e. The lowest BCUT2D eigenvalue weighted by atomic mass is 10.1. The van der Waals surface area contributed by atoms with Gasteiger partial charge in [0.2, 0.25) is 0 Å². The van der Waals surface area contributed by atoms with E-state index < -0.39 is 9.84 Å². The van der Waals surface area contributed by atoms with Crippen molar-refractivity contribution in [2.75, 3.05) is 18.1 Å². The molecule has 0 radical (unpaired) electrons. The van der Waals surface area contributed by atoms with E-state index in [2.05, 4.69) is 17.2 Å². The van der Waals surface area contributed by atoms with Crippen molar-refractivity contribution in [3.05, 3.63) is 29.0 Å². The maximum absolute atomic E-state index is 11.5. The van der Waals surface area contributed by atoms with Gasteiger partial charge in [-0.05, 0) is 37.9 Å². The number of halogens is 1. The van der Waals surface area contributed by atoms with Gasteiger partial charge < -0.3 is 5.32 Å². The maximum atomic E-state index is 11.5. The minimum atomic E-state index is -2.89. The van der Waals surface area contributed by atoms with Crippen LogP contribution in [0.4, 0.5) is 0 Å². The van der Waals surface area contributed by atoms with Crippen molar-refractivity contribution in [2.24, 2.45) is 0 Å². The van der Waals surface area contributed by atoms with Crippen LogP contribution in [0.25, 0.3) is 0 Å². The van der Waals surface area contributed by atoms with Gasteiger partial charge in [0, 0.05) is 18.0 Å². The normalized spacial score (nSPS) is 13.3. The Kier molecular flexibility index (Phi) is 7.48. The van der Waals surface area contributed by atoms with E-state index >= 15 is 0 Å². The van der Waals surface area contributed by atoms with Crippen LogP contribution in [0.5, 0.6) is 0 Å². The molecule has 0 aromatic carbocycles. The molecule has 1 atom stereocenters. The lowest BCUT2D eigenvalue weighted by Gasteiger charge is -2.18. The number of aromatic nitrogens is 1. The highest BCUT2D eigenvalue weighted by atomic mass is 35.5. The molecular formula is C14H23ClN2O2S. The summed E-state index contributed by atoms with van der Waals surface area (Å²) in [5.74, 6) is 0.445. The maximum Gasteiger partial charge on any atom is 0.150 e. The topological polar surface area (TPSA) is 59.1 Å². The number of hydrogen-bond acceptors (Lipinski definition) is 4. The van der Waals surface area contributed by atoms with Crippen LogP contribution < -0.4 is 5.32 Å². The summed E-state index contributed by atoms with van der Waals surface area (Å²) in [4.78, 5) is 4.32. The molecule has 4 nitrogen and oxygen atoms in total. The third kappa shape index (κ3) is 6.20. The highest BCUT2D eigenvalue weighted by molar-refractivity contribution is 7.91. The fraction of sp³-hybridized carbons (Fsp3) is 0.643. The van der Waals surface area contributed by atoms with Crippen LogP contribution in [-0.4, -0.2) is 31.5 Å². The number of rotatable bonds is 9. The van der Waals surface area contributed by atoms with E-state index in [-0.39, 0.29) is 17.5 Å². The number of hydrogen-bond donors (Lipinski definition) is 1. The molecule has 0 bridgehead atoms. The quantitative estimate of drug-likeness (QED) is 0.760. The summed E-state index contributed by atoms with van der Waals surface area (Å²) in [6, 6.07) is 3.79. The molecule has 0 aliphatic rings. The molecule has 0 saturated carbocycles. The van der Waals surface area contributed by atoms with Gasteiger partial charge in [0.25, 0.3) is 0 Å². The van der Waals surface area contributed by atoms with Crippen molar-refractivity contribution in [1.82, 2.24) is 10.3 Å². The van der Waals surface area contributed by atoms with Crippen molar-refractivity contribution in [1.29, 1.82) is 0 Å². The minimum Gasteiger partial charge on any atom is -0.309 e. The van der Waals surface area contributed by atoms with Crippen LogP contribution in [0, 0.1) is 0 Å². The molecule has 0 spiro atoms. The Hall–Kier alpha value is -0.650. The van der Waals surface area contributed by atoms with Gasteiger partial charge in [-0.25, -0.2) is 8.42 Å². The number of nitrogens with one attached hydrogen (secondary N) is 1. The second-order valence-electron chi connectivity index (χ2n) is 4.79. The fourth-order valence-corrected chi connectivity index (χ4v) is 2.93. The van der Waals surface area contributed by atoms with Gasteiger partial charge in [0.15, 0.2) is 0 Å². The van der Waals surface area contributed by atoms with Crippen LogP contribution in [0.3, 0.4) is 0 Å². The van der Waals surface area contributed by atoms with E-state index in [0.717, 1.165) is 25.1 Å². The fourth-order valence-electron chi connectivity index (χ4n) is 1.92. The number of pyridine rings is 1. The predicted molar refractivity (Wildman–Crippen MR) is 83.8 cm³/mol. The van der Waals surface area contributed by atoms with E-state index in [9.17, 15) is 8.42 Å². The molecule has 20 heavy (non-hydrogen) atoms. The molecule has 0 fully saturated rings.